The van der Waals surface area contributed by atoms with Gasteiger partial charge in [-0.15, -0.1) is 0 Å². The summed E-state index contributed by atoms with van der Waals surface area (Å²) < 4.78 is 12.9. The number of hydrogen-bond donors (Lipinski definition) is 0. The molecule has 3 aromatic heterocycles. The summed E-state index contributed by atoms with van der Waals surface area (Å²) in [5.74, 6) is 2.39. The van der Waals surface area contributed by atoms with Crippen LogP contribution >= 0.6 is 0 Å². The lowest BCUT2D eigenvalue weighted by atomic mass is 9.94. The summed E-state index contributed by atoms with van der Waals surface area (Å²) in [6.07, 6.45) is 0. The second-order valence-corrected chi connectivity index (χ2v) is 13.8. The normalized spacial score (nSPS) is 11.6. The lowest BCUT2D eigenvalue weighted by Crippen LogP contribution is -2.00. The molecule has 0 spiro atoms. The van der Waals surface area contributed by atoms with E-state index in [2.05, 4.69) is 91.0 Å². The molecule has 6 heteroatoms. The van der Waals surface area contributed by atoms with E-state index >= 15 is 0 Å². The van der Waals surface area contributed by atoms with Crippen molar-refractivity contribution in [2.24, 2.45) is 0 Å². The predicted octanol–water partition coefficient (Wildman–Crippen LogP) is 13.1. The Kier molecular flexibility index (Phi) is 7.38. The Morgan fingerprint density at radius 2 is 0.911 bits per heavy atom. The van der Waals surface area contributed by atoms with Gasteiger partial charge in [0.2, 0.25) is 5.89 Å². The fraction of sp³-hybridized carbons (Fsp3) is 0. The molecular weight excluding hydrogens is 689 g/mol. The van der Waals surface area contributed by atoms with Gasteiger partial charge in [0.15, 0.2) is 23.1 Å². The molecule has 8 aromatic carbocycles. The molecule has 0 radical (unpaired) electrons. The summed E-state index contributed by atoms with van der Waals surface area (Å²) >= 11 is 0. The fourth-order valence-corrected chi connectivity index (χ4v) is 7.71. The van der Waals surface area contributed by atoms with E-state index in [4.69, 9.17) is 28.8 Å². The Morgan fingerprint density at radius 3 is 1.70 bits per heavy atom. The van der Waals surface area contributed by atoms with Gasteiger partial charge in [0.1, 0.15) is 16.7 Å². The third kappa shape index (κ3) is 5.43. The van der Waals surface area contributed by atoms with Crippen LogP contribution in [0.2, 0.25) is 0 Å². The van der Waals surface area contributed by atoms with E-state index < -0.39 is 0 Å². The molecule has 0 aliphatic heterocycles. The molecule has 0 saturated heterocycles. The van der Waals surface area contributed by atoms with Crippen molar-refractivity contribution < 1.29 is 8.83 Å². The predicted molar refractivity (Wildman–Crippen MR) is 225 cm³/mol. The van der Waals surface area contributed by atoms with Gasteiger partial charge in [-0.05, 0) is 69.4 Å². The average molecular weight is 719 g/mol. The summed E-state index contributed by atoms with van der Waals surface area (Å²) in [4.78, 5) is 20.0. The molecule has 11 aromatic rings. The van der Waals surface area contributed by atoms with Crippen LogP contribution < -0.4 is 0 Å². The quantitative estimate of drug-likeness (QED) is 0.170. The van der Waals surface area contributed by atoms with Crippen molar-refractivity contribution >= 4 is 43.8 Å². The maximum atomic E-state index is 6.44. The SMILES string of the molecule is c1ccc(-c2nc(-c3ccccc3)nc(-c3cccc4oc5ccc(-c6ccc7oc(-c8ccccc8-c8cccc9ccccc89)nc7c6)cc5c34)n2)cc1. The number of aromatic nitrogens is 4. The van der Waals surface area contributed by atoms with Crippen molar-refractivity contribution in [3.63, 3.8) is 0 Å². The number of rotatable bonds is 6. The average Bonchev–Trinajstić information content (AvgIpc) is 3.88. The molecule has 0 aliphatic carbocycles. The Labute approximate surface area is 321 Å². The van der Waals surface area contributed by atoms with E-state index in [0.717, 1.165) is 77.5 Å². The van der Waals surface area contributed by atoms with Crippen molar-refractivity contribution in [2.75, 3.05) is 0 Å². The van der Waals surface area contributed by atoms with Crippen LogP contribution in [0, 0.1) is 0 Å². The van der Waals surface area contributed by atoms with Gasteiger partial charge in [-0.2, -0.15) is 0 Å². The third-order valence-corrected chi connectivity index (χ3v) is 10.4. The van der Waals surface area contributed by atoms with Crippen LogP contribution in [-0.2, 0) is 0 Å². The minimum Gasteiger partial charge on any atom is -0.456 e. The highest BCUT2D eigenvalue weighted by atomic mass is 16.3. The van der Waals surface area contributed by atoms with Crippen LogP contribution in [-0.4, -0.2) is 19.9 Å². The first kappa shape index (κ1) is 31.8. The first-order valence-corrected chi connectivity index (χ1v) is 18.5. The topological polar surface area (TPSA) is 77.8 Å². The molecule has 262 valence electrons. The minimum absolute atomic E-state index is 0.580. The van der Waals surface area contributed by atoms with Gasteiger partial charge in [-0.3, -0.25) is 0 Å². The lowest BCUT2D eigenvalue weighted by Gasteiger charge is -2.10. The first-order chi connectivity index (χ1) is 27.7. The molecule has 6 nitrogen and oxygen atoms in total. The van der Waals surface area contributed by atoms with E-state index in [1.165, 1.54) is 10.8 Å². The molecule has 56 heavy (non-hydrogen) atoms. The van der Waals surface area contributed by atoms with Crippen LogP contribution in [0.5, 0.6) is 0 Å². The van der Waals surface area contributed by atoms with Gasteiger partial charge in [-0.25, -0.2) is 19.9 Å². The monoisotopic (exact) mass is 718 g/mol. The molecule has 0 bridgehead atoms. The van der Waals surface area contributed by atoms with Crippen molar-refractivity contribution in [3.8, 4) is 67.9 Å². The van der Waals surface area contributed by atoms with Crippen molar-refractivity contribution in [1.29, 1.82) is 0 Å². The van der Waals surface area contributed by atoms with Gasteiger partial charge >= 0.3 is 0 Å². The van der Waals surface area contributed by atoms with Gasteiger partial charge in [0.25, 0.3) is 0 Å². The zero-order chi connectivity index (χ0) is 37.0. The minimum atomic E-state index is 0.580. The molecule has 3 heterocycles. The zero-order valence-electron chi connectivity index (χ0n) is 29.9. The van der Waals surface area contributed by atoms with Gasteiger partial charge in [0.05, 0.1) is 0 Å². The number of fused-ring (bicyclic) bond motifs is 5. The Bertz CT molecular complexity index is 3200. The number of benzene rings is 8. The second kappa shape index (κ2) is 13.0. The summed E-state index contributed by atoms with van der Waals surface area (Å²) in [5, 5.41) is 4.30. The van der Waals surface area contributed by atoms with Crippen molar-refractivity contribution in [2.45, 2.75) is 0 Å². The molecule has 0 fully saturated rings. The van der Waals surface area contributed by atoms with E-state index in [-0.39, 0.29) is 0 Å². The molecule has 0 saturated carbocycles. The maximum Gasteiger partial charge on any atom is 0.227 e. The van der Waals surface area contributed by atoms with Crippen LogP contribution in [0.15, 0.2) is 191 Å². The summed E-state index contributed by atoms with van der Waals surface area (Å²) in [5.41, 5.74) is 11.0. The van der Waals surface area contributed by atoms with E-state index in [1.807, 2.05) is 91.0 Å². The third-order valence-electron chi connectivity index (χ3n) is 10.4. The zero-order valence-corrected chi connectivity index (χ0v) is 29.9. The molecule has 0 aliphatic rings. The maximum absolute atomic E-state index is 6.44. The van der Waals surface area contributed by atoms with Gasteiger partial charge < -0.3 is 8.83 Å². The molecule has 0 amide bonds. The van der Waals surface area contributed by atoms with Crippen LogP contribution in [0.4, 0.5) is 0 Å². The van der Waals surface area contributed by atoms with Gasteiger partial charge in [0, 0.05) is 33.0 Å². The first-order valence-electron chi connectivity index (χ1n) is 18.5. The van der Waals surface area contributed by atoms with E-state index in [0.29, 0.717) is 23.4 Å². The highest BCUT2D eigenvalue weighted by Crippen LogP contribution is 2.40. The fourth-order valence-electron chi connectivity index (χ4n) is 7.71. The van der Waals surface area contributed by atoms with Crippen LogP contribution in [0.3, 0.4) is 0 Å². The van der Waals surface area contributed by atoms with E-state index in [1.54, 1.807) is 0 Å². The van der Waals surface area contributed by atoms with Crippen LogP contribution in [0.25, 0.3) is 112 Å². The highest BCUT2D eigenvalue weighted by Gasteiger charge is 2.20. The summed E-state index contributed by atoms with van der Waals surface area (Å²) in [6, 6.07) is 61.7. The largest absolute Gasteiger partial charge is 0.456 e. The van der Waals surface area contributed by atoms with Crippen molar-refractivity contribution in [1.82, 2.24) is 19.9 Å². The number of nitrogens with zero attached hydrogens (tertiary/aromatic N) is 4. The number of furan rings is 1. The molecule has 11 rings (SSSR count). The Balaban J connectivity index is 1.02. The standard InChI is InChI=1S/C50H30N4O2/c1-3-14-32(15-4-1)47-52-48(33-16-5-2-6-17-33)54-49(53-47)40-23-12-24-45-46(40)41-29-34(25-27-43(41)55-45)35-26-28-44-42(30-35)51-50(56-44)39-21-10-9-20-38(39)37-22-11-18-31-13-7-8-19-36(31)37/h1-30H. The van der Waals surface area contributed by atoms with Crippen LogP contribution in [0.1, 0.15) is 0 Å². The lowest BCUT2D eigenvalue weighted by molar-refractivity contribution is 0.620. The molecule has 0 atom stereocenters. The summed E-state index contributed by atoms with van der Waals surface area (Å²) in [7, 11) is 0. The van der Waals surface area contributed by atoms with Crippen molar-refractivity contribution in [3.05, 3.63) is 182 Å². The number of hydrogen-bond acceptors (Lipinski definition) is 6. The number of oxazole rings is 1. The highest BCUT2D eigenvalue weighted by molar-refractivity contribution is 6.13. The molecule has 0 N–H and O–H groups in total. The van der Waals surface area contributed by atoms with E-state index in [9.17, 15) is 0 Å². The Hall–Kier alpha value is -7.70. The van der Waals surface area contributed by atoms with Gasteiger partial charge in [-0.1, -0.05) is 146 Å². The molecular formula is C50H30N4O2. The second-order valence-electron chi connectivity index (χ2n) is 13.8. The summed E-state index contributed by atoms with van der Waals surface area (Å²) in [6.45, 7) is 0. The molecule has 0 unspecified atom stereocenters. The smallest absolute Gasteiger partial charge is 0.227 e. The Morgan fingerprint density at radius 1 is 0.321 bits per heavy atom.